The lowest BCUT2D eigenvalue weighted by Crippen LogP contribution is -2.11. The van der Waals surface area contributed by atoms with Crippen molar-refractivity contribution in [3.63, 3.8) is 0 Å². The number of rotatable bonds is 7. The van der Waals surface area contributed by atoms with E-state index in [1.165, 1.54) is 5.56 Å². The van der Waals surface area contributed by atoms with Crippen molar-refractivity contribution < 1.29 is 13.9 Å². The van der Waals surface area contributed by atoms with Crippen LogP contribution in [0.2, 0.25) is 0 Å². The van der Waals surface area contributed by atoms with Gasteiger partial charge in [0.2, 0.25) is 11.2 Å². The summed E-state index contributed by atoms with van der Waals surface area (Å²) in [4.78, 5) is 13.2. The van der Waals surface area contributed by atoms with Crippen molar-refractivity contribution in [3.05, 3.63) is 94.1 Å². The van der Waals surface area contributed by atoms with Gasteiger partial charge in [-0.25, -0.2) is 0 Å². The van der Waals surface area contributed by atoms with E-state index in [4.69, 9.17) is 13.9 Å². The van der Waals surface area contributed by atoms with Crippen molar-refractivity contribution in [1.29, 1.82) is 0 Å². The molecule has 0 aliphatic carbocycles. The molecule has 0 N–H and O–H groups in total. The molecule has 0 unspecified atom stereocenters. The highest BCUT2D eigenvalue weighted by Crippen LogP contribution is 2.32. The minimum atomic E-state index is -0.151. The van der Waals surface area contributed by atoms with Gasteiger partial charge in [0.1, 0.15) is 11.3 Å². The fourth-order valence-corrected chi connectivity index (χ4v) is 3.44. The van der Waals surface area contributed by atoms with Gasteiger partial charge in [0.05, 0.1) is 19.1 Å². The highest BCUT2D eigenvalue weighted by molar-refractivity contribution is 5.82. The molecule has 4 aromatic rings. The van der Waals surface area contributed by atoms with Crippen LogP contribution < -0.4 is 14.9 Å². The molecule has 0 aliphatic rings. The molecule has 0 fully saturated rings. The smallest absolute Gasteiger partial charge is 0.235 e. The maximum Gasteiger partial charge on any atom is 0.235 e. The average Bonchev–Trinajstić information content (AvgIpc) is 2.78. The molecular formula is C26H24O4. The largest absolute Gasteiger partial charge is 0.497 e. The molecule has 0 spiro atoms. The third-order valence-corrected chi connectivity index (χ3v) is 5.06. The predicted octanol–water partition coefficient (Wildman–Crippen LogP) is 5.79. The summed E-state index contributed by atoms with van der Waals surface area (Å²) in [5, 5.41) is 0.524. The Hall–Kier alpha value is -3.53. The lowest BCUT2D eigenvalue weighted by molar-refractivity contribution is 0.303. The van der Waals surface area contributed by atoms with Gasteiger partial charge in [0, 0.05) is 5.56 Å². The lowest BCUT2D eigenvalue weighted by atomic mass is 10.1. The zero-order chi connectivity index (χ0) is 20.9. The Labute approximate surface area is 175 Å². The summed E-state index contributed by atoms with van der Waals surface area (Å²) in [5.41, 5.74) is 3.46. The maximum absolute atomic E-state index is 13.2. The van der Waals surface area contributed by atoms with Crippen molar-refractivity contribution >= 4 is 11.0 Å². The molecule has 4 heteroatoms. The van der Waals surface area contributed by atoms with Crippen LogP contribution in [0.5, 0.6) is 11.5 Å². The Bertz CT molecular complexity index is 1190. The Kier molecular flexibility index (Phi) is 5.84. The first-order valence-electron chi connectivity index (χ1n) is 10.0. The van der Waals surface area contributed by atoms with E-state index >= 15 is 0 Å². The fraction of sp³-hybridized carbons (Fsp3) is 0.192. The average molecular weight is 400 g/mol. The summed E-state index contributed by atoms with van der Waals surface area (Å²) in [6.45, 7) is 2.40. The Balaban J connectivity index is 1.67. The normalized spacial score (nSPS) is 10.9. The number of benzene rings is 3. The van der Waals surface area contributed by atoms with Gasteiger partial charge >= 0.3 is 0 Å². The summed E-state index contributed by atoms with van der Waals surface area (Å²) in [5.74, 6) is 1.44. The molecule has 0 radical (unpaired) electrons. The van der Waals surface area contributed by atoms with E-state index < -0.39 is 0 Å². The van der Waals surface area contributed by atoms with Crippen LogP contribution in [-0.4, -0.2) is 13.7 Å². The van der Waals surface area contributed by atoms with E-state index in [9.17, 15) is 4.79 Å². The molecule has 152 valence electrons. The van der Waals surface area contributed by atoms with Crippen LogP contribution in [0.4, 0.5) is 0 Å². The van der Waals surface area contributed by atoms with Crippen LogP contribution >= 0.6 is 0 Å². The molecule has 0 aliphatic heterocycles. The van der Waals surface area contributed by atoms with Crippen LogP contribution in [0.25, 0.3) is 22.3 Å². The second-order valence-electron chi connectivity index (χ2n) is 7.26. The van der Waals surface area contributed by atoms with E-state index in [1.54, 1.807) is 13.2 Å². The Morgan fingerprint density at radius 2 is 1.70 bits per heavy atom. The molecule has 0 saturated carbocycles. The molecular weight excluding hydrogens is 376 g/mol. The van der Waals surface area contributed by atoms with Crippen molar-refractivity contribution in [3.8, 4) is 22.8 Å². The number of fused-ring (bicyclic) bond motifs is 1. The van der Waals surface area contributed by atoms with Crippen LogP contribution in [0.15, 0.2) is 82.0 Å². The molecule has 4 rings (SSSR count). The summed E-state index contributed by atoms with van der Waals surface area (Å²) in [6, 6.07) is 23.2. The lowest BCUT2D eigenvalue weighted by Gasteiger charge is -2.12. The van der Waals surface area contributed by atoms with Gasteiger partial charge in [-0.1, -0.05) is 36.4 Å². The topological polar surface area (TPSA) is 48.7 Å². The number of ether oxygens (including phenoxy) is 2. The van der Waals surface area contributed by atoms with E-state index in [0.29, 0.717) is 23.3 Å². The first kappa shape index (κ1) is 19.8. The van der Waals surface area contributed by atoms with Crippen molar-refractivity contribution in [2.24, 2.45) is 0 Å². The zero-order valence-corrected chi connectivity index (χ0v) is 17.2. The Morgan fingerprint density at radius 1 is 0.933 bits per heavy atom. The molecule has 3 aromatic carbocycles. The van der Waals surface area contributed by atoms with Gasteiger partial charge in [-0.3, -0.25) is 4.79 Å². The van der Waals surface area contributed by atoms with Gasteiger partial charge < -0.3 is 13.9 Å². The van der Waals surface area contributed by atoms with Crippen molar-refractivity contribution in [1.82, 2.24) is 0 Å². The van der Waals surface area contributed by atoms with E-state index in [-0.39, 0.29) is 11.2 Å². The zero-order valence-electron chi connectivity index (χ0n) is 17.2. The Morgan fingerprint density at radius 3 is 2.43 bits per heavy atom. The standard InChI is InChI=1S/C26H24O4/c1-18-10-15-22-23(17-18)30-25(20-11-13-21(28-2)14-12-20)26(24(22)27)29-16-6-9-19-7-4-3-5-8-19/h3-5,7-8,10-15,17H,6,9,16H2,1-2H3. The third kappa shape index (κ3) is 4.23. The first-order valence-corrected chi connectivity index (χ1v) is 10.0. The van der Waals surface area contributed by atoms with E-state index in [0.717, 1.165) is 29.7 Å². The number of hydrogen-bond donors (Lipinski definition) is 0. The van der Waals surface area contributed by atoms with Crippen LogP contribution in [0, 0.1) is 6.92 Å². The molecule has 0 saturated heterocycles. The minimum absolute atomic E-state index is 0.151. The second-order valence-corrected chi connectivity index (χ2v) is 7.26. The minimum Gasteiger partial charge on any atom is -0.497 e. The van der Waals surface area contributed by atoms with Gasteiger partial charge in [-0.15, -0.1) is 0 Å². The maximum atomic E-state index is 13.2. The SMILES string of the molecule is COc1ccc(-c2oc3cc(C)ccc3c(=O)c2OCCCc2ccccc2)cc1. The predicted molar refractivity (Wildman–Crippen MR) is 119 cm³/mol. The summed E-state index contributed by atoms with van der Waals surface area (Å²) in [7, 11) is 1.62. The highest BCUT2D eigenvalue weighted by Gasteiger charge is 2.18. The molecule has 0 bridgehead atoms. The van der Waals surface area contributed by atoms with Crippen molar-refractivity contribution in [2.45, 2.75) is 19.8 Å². The van der Waals surface area contributed by atoms with E-state index in [2.05, 4.69) is 12.1 Å². The number of methoxy groups -OCH3 is 1. The van der Waals surface area contributed by atoms with Crippen LogP contribution in [-0.2, 0) is 6.42 Å². The molecule has 4 nitrogen and oxygen atoms in total. The molecule has 30 heavy (non-hydrogen) atoms. The van der Waals surface area contributed by atoms with Gasteiger partial charge in [-0.05, 0) is 67.3 Å². The van der Waals surface area contributed by atoms with Crippen LogP contribution in [0.3, 0.4) is 0 Å². The monoisotopic (exact) mass is 400 g/mol. The molecule has 0 amide bonds. The molecule has 1 heterocycles. The quantitative estimate of drug-likeness (QED) is 0.369. The summed E-state index contributed by atoms with van der Waals surface area (Å²) < 4.78 is 17.4. The third-order valence-electron chi connectivity index (χ3n) is 5.06. The van der Waals surface area contributed by atoms with Gasteiger partial charge in [0.15, 0.2) is 5.76 Å². The number of aryl methyl sites for hydroxylation is 2. The molecule has 1 aromatic heterocycles. The van der Waals surface area contributed by atoms with Crippen LogP contribution in [0.1, 0.15) is 17.5 Å². The highest BCUT2D eigenvalue weighted by atomic mass is 16.5. The second kappa shape index (κ2) is 8.87. The van der Waals surface area contributed by atoms with Gasteiger partial charge in [0.25, 0.3) is 0 Å². The summed E-state index contributed by atoms with van der Waals surface area (Å²) in [6.07, 6.45) is 1.69. The summed E-state index contributed by atoms with van der Waals surface area (Å²) >= 11 is 0. The van der Waals surface area contributed by atoms with Gasteiger partial charge in [-0.2, -0.15) is 0 Å². The molecule has 0 atom stereocenters. The van der Waals surface area contributed by atoms with Crippen molar-refractivity contribution in [2.75, 3.05) is 13.7 Å². The first-order chi connectivity index (χ1) is 14.7. The fourth-order valence-electron chi connectivity index (χ4n) is 3.44. The van der Waals surface area contributed by atoms with E-state index in [1.807, 2.05) is 61.5 Å². The number of hydrogen-bond acceptors (Lipinski definition) is 4.